The first-order chi connectivity index (χ1) is 10.1. The van der Waals surface area contributed by atoms with Crippen molar-refractivity contribution in [1.29, 1.82) is 0 Å². The zero-order chi connectivity index (χ0) is 15.3. The summed E-state index contributed by atoms with van der Waals surface area (Å²) in [5.41, 5.74) is 4.10. The molecule has 0 spiro atoms. The standard InChI is InChI=1S/C19H31NO/c1-5-20-18(17-11-10-15(3)14-16(17)4)19(21-6-2)12-8-7-9-13-19/h10-11,14,18,20H,5-9,12-13H2,1-4H3. The molecule has 1 aromatic rings. The van der Waals surface area contributed by atoms with Crippen LogP contribution in [0.5, 0.6) is 0 Å². The summed E-state index contributed by atoms with van der Waals surface area (Å²) < 4.78 is 6.36. The minimum Gasteiger partial charge on any atom is -0.373 e. The van der Waals surface area contributed by atoms with Gasteiger partial charge in [-0.3, -0.25) is 0 Å². The van der Waals surface area contributed by atoms with Gasteiger partial charge >= 0.3 is 0 Å². The molecule has 1 saturated carbocycles. The molecule has 1 aliphatic rings. The van der Waals surface area contributed by atoms with E-state index < -0.39 is 0 Å². The van der Waals surface area contributed by atoms with E-state index >= 15 is 0 Å². The highest BCUT2D eigenvalue weighted by atomic mass is 16.5. The Balaban J connectivity index is 2.39. The second-order valence-corrected chi connectivity index (χ2v) is 6.41. The quantitative estimate of drug-likeness (QED) is 0.820. The van der Waals surface area contributed by atoms with Crippen LogP contribution in [0.25, 0.3) is 0 Å². The number of hydrogen-bond donors (Lipinski definition) is 1. The van der Waals surface area contributed by atoms with Crippen molar-refractivity contribution in [1.82, 2.24) is 5.32 Å². The van der Waals surface area contributed by atoms with Crippen molar-refractivity contribution < 1.29 is 4.74 Å². The predicted octanol–water partition coefficient (Wildman–Crippen LogP) is 4.69. The van der Waals surface area contributed by atoms with Crippen molar-refractivity contribution in [3.8, 4) is 0 Å². The molecule has 21 heavy (non-hydrogen) atoms. The molecule has 0 heterocycles. The molecule has 0 aromatic heterocycles. The molecule has 2 heteroatoms. The zero-order valence-electron chi connectivity index (χ0n) is 14.2. The molecule has 0 bridgehead atoms. The third kappa shape index (κ3) is 3.67. The summed E-state index contributed by atoms with van der Waals surface area (Å²) in [6.45, 7) is 10.5. The SMILES string of the molecule is CCNC(c1ccc(C)cc1C)C1(OCC)CCCCC1. The van der Waals surface area contributed by atoms with Gasteiger partial charge in [-0.05, 0) is 51.3 Å². The largest absolute Gasteiger partial charge is 0.373 e. The van der Waals surface area contributed by atoms with Gasteiger partial charge in [-0.2, -0.15) is 0 Å². The van der Waals surface area contributed by atoms with Crippen LogP contribution in [0, 0.1) is 13.8 Å². The Kier molecular flexibility index (Phi) is 5.83. The summed E-state index contributed by atoms with van der Waals surface area (Å²) in [5, 5.41) is 3.73. The number of aryl methyl sites for hydroxylation is 2. The maximum absolute atomic E-state index is 6.36. The molecule has 2 rings (SSSR count). The average Bonchev–Trinajstić information content (AvgIpc) is 2.47. The Hall–Kier alpha value is -0.860. The third-order valence-corrected chi connectivity index (χ3v) is 4.80. The van der Waals surface area contributed by atoms with Gasteiger partial charge in [0, 0.05) is 6.61 Å². The van der Waals surface area contributed by atoms with Crippen LogP contribution in [-0.4, -0.2) is 18.8 Å². The molecule has 1 N–H and O–H groups in total. The normalized spacial score (nSPS) is 19.4. The summed E-state index contributed by atoms with van der Waals surface area (Å²) >= 11 is 0. The van der Waals surface area contributed by atoms with Crippen LogP contribution >= 0.6 is 0 Å². The Morgan fingerprint density at radius 2 is 1.86 bits per heavy atom. The van der Waals surface area contributed by atoms with Gasteiger partial charge < -0.3 is 10.1 Å². The fraction of sp³-hybridized carbons (Fsp3) is 0.684. The summed E-state index contributed by atoms with van der Waals surface area (Å²) in [6, 6.07) is 7.13. The molecule has 0 saturated heterocycles. The molecular weight excluding hydrogens is 258 g/mol. The second-order valence-electron chi connectivity index (χ2n) is 6.41. The molecular formula is C19H31NO. The molecule has 118 valence electrons. The Labute approximate surface area is 130 Å². The lowest BCUT2D eigenvalue weighted by atomic mass is 9.75. The number of rotatable bonds is 6. The number of ether oxygens (including phenoxy) is 1. The van der Waals surface area contributed by atoms with E-state index in [0.29, 0.717) is 6.04 Å². The molecule has 1 aromatic carbocycles. The van der Waals surface area contributed by atoms with Crippen molar-refractivity contribution in [3.63, 3.8) is 0 Å². The van der Waals surface area contributed by atoms with Gasteiger partial charge in [-0.15, -0.1) is 0 Å². The molecule has 2 nitrogen and oxygen atoms in total. The monoisotopic (exact) mass is 289 g/mol. The average molecular weight is 289 g/mol. The van der Waals surface area contributed by atoms with Crippen molar-refractivity contribution >= 4 is 0 Å². The van der Waals surface area contributed by atoms with E-state index in [9.17, 15) is 0 Å². The van der Waals surface area contributed by atoms with E-state index in [1.165, 1.54) is 48.8 Å². The maximum atomic E-state index is 6.36. The highest BCUT2D eigenvalue weighted by Gasteiger charge is 2.41. The number of benzene rings is 1. The number of nitrogens with one attached hydrogen (secondary N) is 1. The zero-order valence-corrected chi connectivity index (χ0v) is 14.2. The van der Waals surface area contributed by atoms with Gasteiger partial charge in [-0.25, -0.2) is 0 Å². The van der Waals surface area contributed by atoms with E-state index in [-0.39, 0.29) is 5.60 Å². The minimum atomic E-state index is -0.0248. The van der Waals surface area contributed by atoms with Crippen molar-refractivity contribution in [2.75, 3.05) is 13.2 Å². The van der Waals surface area contributed by atoms with E-state index in [1.807, 2.05) is 0 Å². The van der Waals surface area contributed by atoms with E-state index in [0.717, 1.165) is 13.2 Å². The molecule has 1 fully saturated rings. The first-order valence-electron chi connectivity index (χ1n) is 8.57. The van der Waals surface area contributed by atoms with Crippen molar-refractivity contribution in [3.05, 3.63) is 34.9 Å². The fourth-order valence-corrected chi connectivity index (χ4v) is 3.89. The number of likely N-dealkylation sites (N-methyl/N-ethyl adjacent to an activating group) is 1. The van der Waals surface area contributed by atoms with Gasteiger partial charge in [0.25, 0.3) is 0 Å². The number of hydrogen-bond acceptors (Lipinski definition) is 2. The molecule has 0 radical (unpaired) electrons. The first-order valence-corrected chi connectivity index (χ1v) is 8.57. The highest BCUT2D eigenvalue weighted by Crippen LogP contribution is 2.42. The fourth-order valence-electron chi connectivity index (χ4n) is 3.89. The molecule has 0 amide bonds. The third-order valence-electron chi connectivity index (χ3n) is 4.80. The lowest BCUT2D eigenvalue weighted by Crippen LogP contribution is -2.48. The van der Waals surface area contributed by atoms with Crippen LogP contribution in [-0.2, 0) is 4.74 Å². The van der Waals surface area contributed by atoms with Crippen LogP contribution in [0.3, 0.4) is 0 Å². The lowest BCUT2D eigenvalue weighted by molar-refractivity contribution is -0.0911. The molecule has 1 aliphatic carbocycles. The summed E-state index contributed by atoms with van der Waals surface area (Å²) in [4.78, 5) is 0. The molecule has 1 unspecified atom stereocenters. The van der Waals surface area contributed by atoms with Crippen LogP contribution in [0.2, 0.25) is 0 Å². The van der Waals surface area contributed by atoms with Crippen molar-refractivity contribution in [2.45, 2.75) is 71.4 Å². The van der Waals surface area contributed by atoms with Gasteiger partial charge in [0.1, 0.15) is 0 Å². The van der Waals surface area contributed by atoms with Crippen LogP contribution in [0.15, 0.2) is 18.2 Å². The summed E-state index contributed by atoms with van der Waals surface area (Å²) in [5.74, 6) is 0. The summed E-state index contributed by atoms with van der Waals surface area (Å²) in [6.07, 6.45) is 6.26. The smallest absolute Gasteiger partial charge is 0.0876 e. The van der Waals surface area contributed by atoms with Gasteiger partial charge in [0.05, 0.1) is 11.6 Å². The Bertz CT molecular complexity index is 443. The van der Waals surface area contributed by atoms with Crippen LogP contribution in [0.1, 0.15) is 68.7 Å². The first kappa shape index (κ1) is 16.5. The topological polar surface area (TPSA) is 21.3 Å². The Morgan fingerprint density at radius 1 is 1.14 bits per heavy atom. The van der Waals surface area contributed by atoms with Crippen LogP contribution in [0.4, 0.5) is 0 Å². The predicted molar refractivity (Wildman–Crippen MR) is 89.8 cm³/mol. The van der Waals surface area contributed by atoms with Crippen LogP contribution < -0.4 is 5.32 Å². The maximum Gasteiger partial charge on any atom is 0.0876 e. The van der Waals surface area contributed by atoms with Gasteiger partial charge in [0.2, 0.25) is 0 Å². The van der Waals surface area contributed by atoms with Gasteiger partial charge in [-0.1, -0.05) is 49.9 Å². The van der Waals surface area contributed by atoms with E-state index in [2.05, 4.69) is 51.2 Å². The molecule has 1 atom stereocenters. The van der Waals surface area contributed by atoms with E-state index in [4.69, 9.17) is 4.74 Å². The van der Waals surface area contributed by atoms with E-state index in [1.54, 1.807) is 0 Å². The van der Waals surface area contributed by atoms with Crippen molar-refractivity contribution in [2.24, 2.45) is 0 Å². The Morgan fingerprint density at radius 3 is 2.43 bits per heavy atom. The lowest BCUT2D eigenvalue weighted by Gasteiger charge is -2.44. The summed E-state index contributed by atoms with van der Waals surface area (Å²) in [7, 11) is 0. The molecule has 0 aliphatic heterocycles. The highest BCUT2D eigenvalue weighted by molar-refractivity contribution is 5.34. The minimum absolute atomic E-state index is 0.0248. The van der Waals surface area contributed by atoms with Gasteiger partial charge in [0.15, 0.2) is 0 Å². The second kappa shape index (κ2) is 7.42.